The maximum absolute atomic E-state index is 12.3. The van der Waals surface area contributed by atoms with Crippen molar-refractivity contribution in [1.29, 1.82) is 0 Å². The summed E-state index contributed by atoms with van der Waals surface area (Å²) < 4.78 is 25.7. The summed E-state index contributed by atoms with van der Waals surface area (Å²) in [7, 11) is -2.13. The molecular weight excluding hydrogens is 378 g/mol. The van der Waals surface area contributed by atoms with E-state index in [4.69, 9.17) is 0 Å². The molecule has 3 N–H and O–H groups in total. The molecule has 0 aliphatic rings. The molecule has 0 heterocycles. The second kappa shape index (κ2) is 9.82. The number of benzene rings is 2. The summed E-state index contributed by atoms with van der Waals surface area (Å²) in [5, 5.41) is 5.43. The van der Waals surface area contributed by atoms with E-state index in [9.17, 15) is 18.0 Å². The summed E-state index contributed by atoms with van der Waals surface area (Å²) in [6, 6.07) is 13.1. The van der Waals surface area contributed by atoms with Gasteiger partial charge in [0.05, 0.1) is 16.1 Å². The van der Waals surface area contributed by atoms with E-state index in [1.54, 1.807) is 42.5 Å². The molecule has 2 amide bonds. The van der Waals surface area contributed by atoms with Crippen molar-refractivity contribution >= 4 is 27.5 Å². The molecule has 2 rings (SSSR count). The number of rotatable bonds is 9. The summed E-state index contributed by atoms with van der Waals surface area (Å²) in [4.78, 5) is 24.6. The monoisotopic (exact) mass is 401 g/mol. The molecular formula is C20H23N3O4S. The maximum atomic E-state index is 12.3. The van der Waals surface area contributed by atoms with E-state index < -0.39 is 10.0 Å². The highest BCUT2D eigenvalue weighted by Gasteiger charge is 2.13. The third-order valence-corrected chi connectivity index (χ3v) is 5.43. The summed E-state index contributed by atoms with van der Waals surface area (Å²) in [6.45, 7) is 3.89. The molecule has 0 radical (unpaired) electrons. The third-order valence-electron chi connectivity index (χ3n) is 4.00. The Hall–Kier alpha value is -2.97. The molecule has 2 aromatic rings. The lowest BCUT2D eigenvalue weighted by atomic mass is 10.1. The number of sulfonamides is 1. The predicted octanol–water partition coefficient (Wildman–Crippen LogP) is 2.08. The van der Waals surface area contributed by atoms with Gasteiger partial charge in [0.15, 0.2) is 0 Å². The van der Waals surface area contributed by atoms with Crippen LogP contribution in [0, 0.1) is 0 Å². The van der Waals surface area contributed by atoms with Gasteiger partial charge in [-0.25, -0.2) is 13.1 Å². The van der Waals surface area contributed by atoms with Crippen LogP contribution in [-0.4, -0.2) is 33.8 Å². The minimum absolute atomic E-state index is 0.169. The molecule has 2 aromatic carbocycles. The van der Waals surface area contributed by atoms with Gasteiger partial charge in [0.25, 0.3) is 5.91 Å². The van der Waals surface area contributed by atoms with Crippen molar-refractivity contribution in [2.75, 3.05) is 18.9 Å². The standard InChI is InChI=1S/C20H23N3O4S/c1-3-14-22-20(25)17-6-4-5-7-18(17)23-19(24)13-10-15-8-11-16(12-9-15)28(26,27)21-2/h3-9,11-12,21H,1,10,13-14H2,2H3,(H,22,25)(H,23,24). The number of carbonyl (C=O) groups is 2. The lowest BCUT2D eigenvalue weighted by Crippen LogP contribution is -2.25. The van der Waals surface area contributed by atoms with Gasteiger partial charge in [0.1, 0.15) is 0 Å². The molecule has 0 spiro atoms. The predicted molar refractivity (Wildman–Crippen MR) is 109 cm³/mol. The fraction of sp³-hybridized carbons (Fsp3) is 0.200. The topological polar surface area (TPSA) is 104 Å². The first-order valence-electron chi connectivity index (χ1n) is 8.68. The van der Waals surface area contributed by atoms with E-state index in [1.807, 2.05) is 0 Å². The number of nitrogens with one attached hydrogen (secondary N) is 3. The van der Waals surface area contributed by atoms with E-state index in [-0.39, 0.29) is 23.1 Å². The van der Waals surface area contributed by atoms with Crippen LogP contribution in [0.1, 0.15) is 22.3 Å². The van der Waals surface area contributed by atoms with Crippen molar-refractivity contribution in [1.82, 2.24) is 10.0 Å². The Bertz CT molecular complexity index is 954. The van der Waals surface area contributed by atoms with E-state index in [0.717, 1.165) is 5.56 Å². The van der Waals surface area contributed by atoms with Crippen LogP contribution in [0.4, 0.5) is 5.69 Å². The summed E-state index contributed by atoms with van der Waals surface area (Å²) in [6.07, 6.45) is 2.21. The van der Waals surface area contributed by atoms with Crippen molar-refractivity contribution in [3.8, 4) is 0 Å². The number of aryl methyl sites for hydroxylation is 1. The van der Waals surface area contributed by atoms with Crippen LogP contribution in [0.3, 0.4) is 0 Å². The SMILES string of the molecule is C=CCNC(=O)c1ccccc1NC(=O)CCc1ccc(S(=O)(=O)NC)cc1. The Balaban J connectivity index is 1.98. The minimum atomic E-state index is -3.48. The van der Waals surface area contributed by atoms with Gasteiger partial charge >= 0.3 is 0 Å². The average molecular weight is 401 g/mol. The average Bonchev–Trinajstić information content (AvgIpc) is 2.71. The molecule has 0 aromatic heterocycles. The van der Waals surface area contributed by atoms with Crippen LogP contribution in [0.5, 0.6) is 0 Å². The fourth-order valence-electron chi connectivity index (χ4n) is 2.47. The van der Waals surface area contributed by atoms with E-state index in [2.05, 4.69) is 21.9 Å². The highest BCUT2D eigenvalue weighted by atomic mass is 32.2. The molecule has 0 aliphatic heterocycles. The number of hydrogen-bond acceptors (Lipinski definition) is 4. The van der Waals surface area contributed by atoms with Gasteiger partial charge in [-0.05, 0) is 43.3 Å². The Morgan fingerprint density at radius 2 is 1.75 bits per heavy atom. The van der Waals surface area contributed by atoms with Crippen LogP contribution in [0.2, 0.25) is 0 Å². The molecule has 0 fully saturated rings. The lowest BCUT2D eigenvalue weighted by Gasteiger charge is -2.11. The van der Waals surface area contributed by atoms with Crippen LogP contribution in [0.25, 0.3) is 0 Å². The molecule has 148 valence electrons. The second-order valence-corrected chi connectivity index (χ2v) is 7.83. The maximum Gasteiger partial charge on any atom is 0.253 e. The van der Waals surface area contributed by atoms with Crippen LogP contribution in [-0.2, 0) is 21.2 Å². The Labute approximate surface area is 164 Å². The third kappa shape index (κ3) is 5.77. The van der Waals surface area contributed by atoms with Gasteiger partial charge in [-0.2, -0.15) is 0 Å². The van der Waals surface area contributed by atoms with E-state index in [0.29, 0.717) is 24.2 Å². The van der Waals surface area contributed by atoms with Crippen molar-refractivity contribution in [3.05, 3.63) is 72.3 Å². The first-order chi connectivity index (χ1) is 13.4. The minimum Gasteiger partial charge on any atom is -0.349 e. The van der Waals surface area contributed by atoms with Gasteiger partial charge in [0.2, 0.25) is 15.9 Å². The Kier molecular flexibility index (Phi) is 7.48. The van der Waals surface area contributed by atoms with Crippen molar-refractivity contribution in [2.24, 2.45) is 0 Å². The number of para-hydroxylation sites is 1. The summed E-state index contributed by atoms with van der Waals surface area (Å²) in [5.41, 5.74) is 1.64. The largest absolute Gasteiger partial charge is 0.349 e. The van der Waals surface area contributed by atoms with E-state index in [1.165, 1.54) is 19.2 Å². The fourth-order valence-corrected chi connectivity index (χ4v) is 3.20. The number of amides is 2. The molecule has 7 nitrogen and oxygen atoms in total. The number of anilines is 1. The highest BCUT2D eigenvalue weighted by Crippen LogP contribution is 2.16. The Morgan fingerprint density at radius 1 is 1.07 bits per heavy atom. The zero-order chi connectivity index (χ0) is 20.6. The van der Waals surface area contributed by atoms with Gasteiger partial charge in [-0.3, -0.25) is 9.59 Å². The van der Waals surface area contributed by atoms with Gasteiger partial charge < -0.3 is 10.6 Å². The summed E-state index contributed by atoms with van der Waals surface area (Å²) in [5.74, 6) is -0.534. The first-order valence-corrected chi connectivity index (χ1v) is 10.2. The molecule has 28 heavy (non-hydrogen) atoms. The van der Waals surface area contributed by atoms with Crippen LogP contribution >= 0.6 is 0 Å². The van der Waals surface area contributed by atoms with Crippen molar-refractivity contribution in [3.63, 3.8) is 0 Å². The van der Waals surface area contributed by atoms with Crippen LogP contribution < -0.4 is 15.4 Å². The smallest absolute Gasteiger partial charge is 0.253 e. The van der Waals surface area contributed by atoms with Gasteiger partial charge in [0, 0.05) is 13.0 Å². The molecule has 0 atom stereocenters. The van der Waals surface area contributed by atoms with Crippen molar-refractivity contribution < 1.29 is 18.0 Å². The molecule has 0 aliphatic carbocycles. The van der Waals surface area contributed by atoms with Crippen LogP contribution in [0.15, 0.2) is 66.1 Å². The summed E-state index contributed by atoms with van der Waals surface area (Å²) >= 11 is 0. The lowest BCUT2D eigenvalue weighted by molar-refractivity contribution is -0.116. The highest BCUT2D eigenvalue weighted by molar-refractivity contribution is 7.89. The molecule has 0 unspecified atom stereocenters. The van der Waals surface area contributed by atoms with Crippen molar-refractivity contribution in [2.45, 2.75) is 17.7 Å². The first kappa shape index (κ1) is 21.3. The normalized spacial score (nSPS) is 10.9. The molecule has 0 saturated carbocycles. The second-order valence-electron chi connectivity index (χ2n) is 5.94. The zero-order valence-corrected chi connectivity index (χ0v) is 16.4. The molecule has 0 saturated heterocycles. The Morgan fingerprint density at radius 3 is 2.39 bits per heavy atom. The molecule has 0 bridgehead atoms. The number of hydrogen-bond donors (Lipinski definition) is 3. The van der Waals surface area contributed by atoms with E-state index >= 15 is 0 Å². The molecule has 8 heteroatoms. The van der Waals surface area contributed by atoms with Gasteiger partial charge in [-0.1, -0.05) is 30.3 Å². The van der Waals surface area contributed by atoms with Gasteiger partial charge in [-0.15, -0.1) is 6.58 Å². The zero-order valence-electron chi connectivity index (χ0n) is 15.6. The number of carbonyl (C=O) groups excluding carboxylic acids is 2. The quantitative estimate of drug-likeness (QED) is 0.560.